The standard InChI is InChI=1S/C16H16N4O/c1-2-11-5-7-12(8-6-11)18-16(21)15-10-14(19-20-15)13-4-3-9-17-13/h3-10,17H,2H2,1H3,(H,18,21)(H,19,20). The van der Waals surface area contributed by atoms with Crippen molar-refractivity contribution in [2.45, 2.75) is 13.3 Å². The van der Waals surface area contributed by atoms with Crippen LogP contribution in [0, 0.1) is 0 Å². The first-order valence-electron chi connectivity index (χ1n) is 6.85. The first kappa shape index (κ1) is 13.2. The molecule has 0 radical (unpaired) electrons. The van der Waals surface area contributed by atoms with Crippen LogP contribution in [0.3, 0.4) is 0 Å². The quantitative estimate of drug-likeness (QED) is 0.686. The molecule has 0 saturated carbocycles. The number of aromatic amines is 2. The van der Waals surface area contributed by atoms with Crippen LogP contribution in [0.15, 0.2) is 48.7 Å². The predicted octanol–water partition coefficient (Wildman–Crippen LogP) is 3.22. The monoisotopic (exact) mass is 280 g/mol. The highest BCUT2D eigenvalue weighted by Gasteiger charge is 2.11. The largest absolute Gasteiger partial charge is 0.360 e. The van der Waals surface area contributed by atoms with Gasteiger partial charge in [0.1, 0.15) is 11.4 Å². The Hall–Kier alpha value is -2.82. The molecule has 3 rings (SSSR count). The maximum atomic E-state index is 12.2. The normalized spacial score (nSPS) is 10.5. The summed E-state index contributed by atoms with van der Waals surface area (Å²) >= 11 is 0. The van der Waals surface area contributed by atoms with Gasteiger partial charge in [0.25, 0.3) is 5.91 Å². The van der Waals surface area contributed by atoms with Crippen LogP contribution in [0.2, 0.25) is 0 Å². The van der Waals surface area contributed by atoms with Gasteiger partial charge in [-0.1, -0.05) is 19.1 Å². The zero-order valence-corrected chi connectivity index (χ0v) is 11.7. The summed E-state index contributed by atoms with van der Waals surface area (Å²) in [5, 5.41) is 9.73. The number of nitrogens with zero attached hydrogens (tertiary/aromatic N) is 1. The van der Waals surface area contributed by atoms with Gasteiger partial charge < -0.3 is 10.3 Å². The van der Waals surface area contributed by atoms with Gasteiger partial charge in [0.05, 0.1) is 5.69 Å². The number of nitrogens with one attached hydrogen (secondary N) is 3. The Balaban J connectivity index is 1.73. The van der Waals surface area contributed by atoms with Crippen molar-refractivity contribution >= 4 is 11.6 Å². The van der Waals surface area contributed by atoms with Gasteiger partial charge in [-0.15, -0.1) is 0 Å². The molecule has 106 valence electrons. The molecular weight excluding hydrogens is 264 g/mol. The summed E-state index contributed by atoms with van der Waals surface area (Å²) in [6.45, 7) is 2.10. The summed E-state index contributed by atoms with van der Waals surface area (Å²) in [4.78, 5) is 15.2. The fourth-order valence-corrected chi connectivity index (χ4v) is 2.09. The molecule has 5 nitrogen and oxygen atoms in total. The highest BCUT2D eigenvalue weighted by Crippen LogP contribution is 2.16. The number of hydrogen-bond acceptors (Lipinski definition) is 2. The van der Waals surface area contributed by atoms with E-state index in [1.54, 1.807) is 6.07 Å². The van der Waals surface area contributed by atoms with Crippen molar-refractivity contribution in [3.63, 3.8) is 0 Å². The molecule has 3 N–H and O–H groups in total. The van der Waals surface area contributed by atoms with Gasteiger partial charge in [0.2, 0.25) is 0 Å². The molecule has 0 spiro atoms. The third kappa shape index (κ3) is 2.86. The number of benzene rings is 1. The lowest BCUT2D eigenvalue weighted by molar-refractivity contribution is 0.102. The number of aromatic nitrogens is 3. The zero-order valence-electron chi connectivity index (χ0n) is 11.7. The minimum atomic E-state index is -0.204. The van der Waals surface area contributed by atoms with Gasteiger partial charge in [0, 0.05) is 11.9 Å². The number of carbonyl (C=O) groups is 1. The first-order chi connectivity index (χ1) is 10.3. The van der Waals surface area contributed by atoms with Crippen LogP contribution < -0.4 is 5.32 Å². The molecule has 0 atom stereocenters. The summed E-state index contributed by atoms with van der Waals surface area (Å²) in [7, 11) is 0. The molecule has 5 heteroatoms. The maximum absolute atomic E-state index is 12.2. The van der Waals surface area contributed by atoms with Crippen LogP contribution in [-0.2, 0) is 6.42 Å². The lowest BCUT2D eigenvalue weighted by Crippen LogP contribution is -2.12. The molecule has 0 saturated heterocycles. The van der Waals surface area contributed by atoms with Crippen LogP contribution in [0.25, 0.3) is 11.4 Å². The fourth-order valence-electron chi connectivity index (χ4n) is 2.09. The van der Waals surface area contributed by atoms with Crippen LogP contribution >= 0.6 is 0 Å². The molecule has 2 heterocycles. The van der Waals surface area contributed by atoms with Gasteiger partial charge >= 0.3 is 0 Å². The van der Waals surface area contributed by atoms with Gasteiger partial charge in [-0.3, -0.25) is 9.89 Å². The second-order valence-electron chi connectivity index (χ2n) is 4.76. The Morgan fingerprint density at radius 2 is 2.05 bits per heavy atom. The van der Waals surface area contributed by atoms with Crippen LogP contribution in [-0.4, -0.2) is 21.1 Å². The fraction of sp³-hybridized carbons (Fsp3) is 0.125. The van der Waals surface area contributed by atoms with Crippen molar-refractivity contribution in [1.29, 1.82) is 0 Å². The number of rotatable bonds is 4. The smallest absolute Gasteiger partial charge is 0.273 e. The second-order valence-corrected chi connectivity index (χ2v) is 4.76. The van der Waals surface area contributed by atoms with Gasteiger partial charge in [0.15, 0.2) is 0 Å². The molecule has 2 aromatic heterocycles. The van der Waals surface area contributed by atoms with E-state index < -0.39 is 0 Å². The zero-order chi connectivity index (χ0) is 14.7. The summed E-state index contributed by atoms with van der Waals surface area (Å²) in [5.74, 6) is -0.204. The van der Waals surface area contributed by atoms with Gasteiger partial charge in [-0.25, -0.2) is 0 Å². The number of H-pyrrole nitrogens is 2. The third-order valence-corrected chi connectivity index (χ3v) is 3.32. The number of anilines is 1. The van der Waals surface area contributed by atoms with E-state index in [9.17, 15) is 4.79 Å². The topological polar surface area (TPSA) is 73.6 Å². The summed E-state index contributed by atoms with van der Waals surface area (Å²) in [5.41, 5.74) is 4.03. The Bertz CT molecular complexity index is 726. The van der Waals surface area contributed by atoms with Crippen molar-refractivity contribution in [3.05, 3.63) is 59.9 Å². The number of amides is 1. The molecular formula is C16H16N4O. The summed E-state index contributed by atoms with van der Waals surface area (Å²) < 4.78 is 0. The van der Waals surface area contributed by atoms with E-state index in [-0.39, 0.29) is 5.91 Å². The van der Waals surface area contributed by atoms with Gasteiger partial charge in [-0.05, 0) is 42.3 Å². The number of carbonyl (C=O) groups excluding carboxylic acids is 1. The highest BCUT2D eigenvalue weighted by molar-refractivity contribution is 6.03. The Morgan fingerprint density at radius 3 is 2.71 bits per heavy atom. The van der Waals surface area contributed by atoms with E-state index in [1.165, 1.54) is 5.56 Å². The van der Waals surface area contributed by atoms with E-state index in [0.717, 1.165) is 17.8 Å². The lowest BCUT2D eigenvalue weighted by Gasteiger charge is -2.04. The Morgan fingerprint density at radius 1 is 1.24 bits per heavy atom. The Labute approximate surface area is 122 Å². The van der Waals surface area contributed by atoms with E-state index in [1.807, 2.05) is 42.6 Å². The van der Waals surface area contributed by atoms with E-state index in [0.29, 0.717) is 11.4 Å². The minimum absolute atomic E-state index is 0.204. The van der Waals surface area contributed by atoms with Crippen molar-refractivity contribution < 1.29 is 4.79 Å². The van der Waals surface area contributed by atoms with Crippen LogP contribution in [0.4, 0.5) is 5.69 Å². The van der Waals surface area contributed by atoms with Crippen molar-refractivity contribution in [1.82, 2.24) is 15.2 Å². The van der Waals surface area contributed by atoms with Crippen molar-refractivity contribution in [2.24, 2.45) is 0 Å². The maximum Gasteiger partial charge on any atom is 0.273 e. The van der Waals surface area contributed by atoms with E-state index >= 15 is 0 Å². The third-order valence-electron chi connectivity index (χ3n) is 3.32. The van der Waals surface area contributed by atoms with Crippen molar-refractivity contribution in [3.8, 4) is 11.4 Å². The summed E-state index contributed by atoms with van der Waals surface area (Å²) in [6, 6.07) is 13.3. The summed E-state index contributed by atoms with van der Waals surface area (Å²) in [6.07, 6.45) is 2.80. The average Bonchev–Trinajstić information content (AvgIpc) is 3.19. The molecule has 1 amide bonds. The first-order valence-corrected chi connectivity index (χ1v) is 6.85. The molecule has 0 aliphatic rings. The molecule has 1 aromatic carbocycles. The van der Waals surface area contributed by atoms with Crippen LogP contribution in [0.5, 0.6) is 0 Å². The number of hydrogen-bond donors (Lipinski definition) is 3. The molecule has 0 unspecified atom stereocenters. The SMILES string of the molecule is CCc1ccc(NC(=O)c2cc(-c3ccc[nH]3)n[nH]2)cc1. The molecule has 21 heavy (non-hydrogen) atoms. The van der Waals surface area contributed by atoms with Crippen molar-refractivity contribution in [2.75, 3.05) is 5.32 Å². The van der Waals surface area contributed by atoms with Gasteiger partial charge in [-0.2, -0.15) is 5.10 Å². The highest BCUT2D eigenvalue weighted by atomic mass is 16.1. The van der Waals surface area contributed by atoms with Crippen LogP contribution in [0.1, 0.15) is 23.0 Å². The molecule has 3 aromatic rings. The molecule has 0 fully saturated rings. The second kappa shape index (κ2) is 5.66. The van der Waals surface area contributed by atoms with E-state index in [2.05, 4.69) is 27.4 Å². The number of aryl methyl sites for hydroxylation is 1. The molecule has 0 aliphatic carbocycles. The molecule has 0 bridgehead atoms. The van der Waals surface area contributed by atoms with E-state index in [4.69, 9.17) is 0 Å². The lowest BCUT2D eigenvalue weighted by atomic mass is 10.1. The Kier molecular flexibility index (Phi) is 3.55. The minimum Gasteiger partial charge on any atom is -0.360 e. The molecule has 0 aliphatic heterocycles. The average molecular weight is 280 g/mol. The predicted molar refractivity (Wildman–Crippen MR) is 82.1 cm³/mol.